The molecule has 0 spiro atoms. The molecular formula is C38H26N4O. The smallest absolute Gasteiger partial charge is 0.138 e. The van der Waals surface area contributed by atoms with Crippen molar-refractivity contribution in [1.82, 2.24) is 15.6 Å². The van der Waals surface area contributed by atoms with Crippen molar-refractivity contribution in [2.45, 2.75) is 12.3 Å². The molecule has 0 saturated heterocycles. The van der Waals surface area contributed by atoms with E-state index in [4.69, 9.17) is 9.41 Å². The molecule has 204 valence electrons. The van der Waals surface area contributed by atoms with Gasteiger partial charge in [0.1, 0.15) is 29.3 Å². The van der Waals surface area contributed by atoms with E-state index >= 15 is 0 Å². The van der Waals surface area contributed by atoms with E-state index in [1.54, 1.807) is 6.20 Å². The van der Waals surface area contributed by atoms with Crippen LogP contribution in [0.1, 0.15) is 29.0 Å². The molecule has 2 aromatic heterocycles. The van der Waals surface area contributed by atoms with Crippen molar-refractivity contribution in [2.75, 3.05) is 0 Å². The first-order valence-electron chi connectivity index (χ1n) is 14.5. The second kappa shape index (κ2) is 9.51. The first kappa shape index (κ1) is 24.1. The lowest BCUT2D eigenvalue weighted by atomic mass is 9.98. The Hall–Kier alpha value is -5.52. The van der Waals surface area contributed by atoms with Crippen LogP contribution in [0.5, 0.6) is 0 Å². The molecule has 0 saturated carbocycles. The lowest BCUT2D eigenvalue weighted by Gasteiger charge is -2.32. The van der Waals surface area contributed by atoms with Gasteiger partial charge in [-0.2, -0.15) is 0 Å². The number of pyridine rings is 1. The molecule has 0 bridgehead atoms. The molecule has 3 heterocycles. The van der Waals surface area contributed by atoms with Crippen LogP contribution in [0, 0.1) is 0 Å². The van der Waals surface area contributed by atoms with Crippen LogP contribution in [0.15, 0.2) is 143 Å². The van der Waals surface area contributed by atoms with E-state index in [-0.39, 0.29) is 12.3 Å². The van der Waals surface area contributed by atoms with Gasteiger partial charge < -0.3 is 9.73 Å². The zero-order chi connectivity index (χ0) is 28.3. The number of fused-ring (bicyclic) bond motifs is 7. The average Bonchev–Trinajstić information content (AvgIpc) is 3.46. The van der Waals surface area contributed by atoms with Gasteiger partial charge in [0.05, 0.1) is 0 Å². The van der Waals surface area contributed by atoms with Crippen molar-refractivity contribution >= 4 is 60.1 Å². The summed E-state index contributed by atoms with van der Waals surface area (Å²) in [4.78, 5) is 9.69. The average molecular weight is 555 g/mol. The molecule has 0 radical (unpaired) electrons. The van der Waals surface area contributed by atoms with Crippen LogP contribution in [0.3, 0.4) is 0 Å². The number of furan rings is 1. The number of aromatic nitrogens is 1. The fourth-order valence-electron chi connectivity index (χ4n) is 6.49. The molecule has 0 aliphatic carbocycles. The number of nitrogens with one attached hydrogen (secondary N) is 2. The molecule has 5 nitrogen and oxygen atoms in total. The van der Waals surface area contributed by atoms with Crippen LogP contribution in [0.25, 0.3) is 54.3 Å². The van der Waals surface area contributed by atoms with Crippen molar-refractivity contribution in [3.63, 3.8) is 0 Å². The molecule has 6 aromatic carbocycles. The van der Waals surface area contributed by atoms with E-state index in [2.05, 4.69) is 119 Å². The number of nitrogens with zero attached hydrogens (tertiary/aromatic N) is 2. The summed E-state index contributed by atoms with van der Waals surface area (Å²) in [5, 5.41) is 16.9. The van der Waals surface area contributed by atoms with Gasteiger partial charge >= 0.3 is 0 Å². The van der Waals surface area contributed by atoms with Gasteiger partial charge in [0.15, 0.2) is 0 Å². The third kappa shape index (κ3) is 3.97. The quantitative estimate of drug-likeness (QED) is 0.214. The highest BCUT2D eigenvalue weighted by molar-refractivity contribution is 6.18. The van der Waals surface area contributed by atoms with E-state index in [1.165, 1.54) is 32.3 Å². The molecule has 0 amide bonds. The maximum Gasteiger partial charge on any atom is 0.138 e. The fraction of sp³-hybridized carbons (Fsp3) is 0.0526. The van der Waals surface area contributed by atoms with Gasteiger partial charge in [-0.25, -0.2) is 4.99 Å². The summed E-state index contributed by atoms with van der Waals surface area (Å²) in [6.45, 7) is 0. The number of rotatable bonds is 3. The number of benzene rings is 6. The highest BCUT2D eigenvalue weighted by Crippen LogP contribution is 2.35. The predicted molar refractivity (Wildman–Crippen MR) is 175 cm³/mol. The number of hydrogen-bond acceptors (Lipinski definition) is 5. The summed E-state index contributed by atoms with van der Waals surface area (Å²) >= 11 is 0. The van der Waals surface area contributed by atoms with Gasteiger partial charge in [-0.05, 0) is 67.7 Å². The topological polar surface area (TPSA) is 62.5 Å². The lowest BCUT2D eigenvalue weighted by Crippen LogP contribution is -2.45. The molecule has 1 aliphatic heterocycles. The Morgan fingerprint density at radius 3 is 2.30 bits per heavy atom. The van der Waals surface area contributed by atoms with E-state index < -0.39 is 0 Å². The molecular weight excluding hydrogens is 528 g/mol. The third-order valence-electron chi connectivity index (χ3n) is 8.61. The highest BCUT2D eigenvalue weighted by Gasteiger charge is 2.27. The lowest BCUT2D eigenvalue weighted by molar-refractivity contribution is 0.409. The molecule has 2 unspecified atom stereocenters. The van der Waals surface area contributed by atoms with Crippen LogP contribution in [-0.4, -0.2) is 10.8 Å². The third-order valence-corrected chi connectivity index (χ3v) is 8.61. The summed E-state index contributed by atoms with van der Waals surface area (Å²) in [6, 6.07) is 42.8. The largest absolute Gasteiger partial charge is 0.456 e. The van der Waals surface area contributed by atoms with E-state index in [0.717, 1.165) is 44.5 Å². The Morgan fingerprint density at radius 1 is 0.581 bits per heavy atom. The normalized spacial score (nSPS) is 17.1. The second-order valence-electron chi connectivity index (χ2n) is 11.2. The number of amidine groups is 1. The van der Waals surface area contributed by atoms with Crippen molar-refractivity contribution in [3.8, 4) is 0 Å². The minimum Gasteiger partial charge on any atom is -0.456 e. The van der Waals surface area contributed by atoms with E-state index in [1.807, 2.05) is 24.4 Å². The van der Waals surface area contributed by atoms with Crippen molar-refractivity contribution in [2.24, 2.45) is 4.99 Å². The second-order valence-corrected chi connectivity index (χ2v) is 11.2. The van der Waals surface area contributed by atoms with Gasteiger partial charge in [0.2, 0.25) is 0 Å². The Bertz CT molecular complexity index is 2390. The van der Waals surface area contributed by atoms with Gasteiger partial charge in [0, 0.05) is 28.7 Å². The molecule has 1 aliphatic rings. The molecule has 5 heteroatoms. The van der Waals surface area contributed by atoms with Crippen molar-refractivity contribution in [3.05, 3.63) is 150 Å². The maximum atomic E-state index is 6.20. The summed E-state index contributed by atoms with van der Waals surface area (Å²) < 4.78 is 6.20. The first-order chi connectivity index (χ1) is 21.3. The first-order valence-corrected chi connectivity index (χ1v) is 14.5. The zero-order valence-corrected chi connectivity index (χ0v) is 23.2. The minimum absolute atomic E-state index is 0.166. The fourth-order valence-corrected chi connectivity index (χ4v) is 6.49. The van der Waals surface area contributed by atoms with E-state index in [0.29, 0.717) is 0 Å². The predicted octanol–water partition coefficient (Wildman–Crippen LogP) is 8.78. The summed E-state index contributed by atoms with van der Waals surface area (Å²) in [5.74, 6) is 0.817. The van der Waals surface area contributed by atoms with Gasteiger partial charge in [-0.3, -0.25) is 10.3 Å². The van der Waals surface area contributed by atoms with E-state index in [9.17, 15) is 0 Å². The molecule has 2 N–H and O–H groups in total. The van der Waals surface area contributed by atoms with Gasteiger partial charge in [-0.1, -0.05) is 97.1 Å². The molecule has 0 fully saturated rings. The molecule has 9 rings (SSSR count). The monoisotopic (exact) mass is 554 g/mol. The van der Waals surface area contributed by atoms with Crippen molar-refractivity contribution < 1.29 is 4.42 Å². The Kier molecular flexibility index (Phi) is 5.33. The molecule has 8 aromatic rings. The minimum atomic E-state index is -0.268. The standard InChI is InChI=1S/C38H26N4O/c1-2-8-25-20-27(15-12-23(25)6-1)36-40-37(28-16-17-30-26(21-28)14-13-24-7-3-4-9-29(24)30)42-38(41-36)31-10-5-11-34-35(31)32-22-39-19-18-33(32)43-34/h1-22,36-37,40H,(H,41,42). The molecule has 43 heavy (non-hydrogen) atoms. The summed E-state index contributed by atoms with van der Waals surface area (Å²) in [6.07, 6.45) is 3.20. The number of hydrogen-bond donors (Lipinski definition) is 2. The van der Waals surface area contributed by atoms with Gasteiger partial charge in [0.25, 0.3) is 0 Å². The SMILES string of the molecule is c1ccc2cc(C3NC(c4cccc5oc6ccncc6c45)=NC(c4ccc5c(ccc6ccccc65)c4)N3)ccc2c1. The van der Waals surface area contributed by atoms with Gasteiger partial charge in [-0.15, -0.1) is 0 Å². The highest BCUT2D eigenvalue weighted by atomic mass is 16.3. The van der Waals surface area contributed by atoms with Crippen LogP contribution in [0.4, 0.5) is 0 Å². The maximum absolute atomic E-state index is 6.20. The van der Waals surface area contributed by atoms with Crippen LogP contribution in [0.2, 0.25) is 0 Å². The van der Waals surface area contributed by atoms with Crippen LogP contribution < -0.4 is 10.6 Å². The Balaban J connectivity index is 1.22. The summed E-state index contributed by atoms with van der Waals surface area (Å²) in [5.41, 5.74) is 4.89. The number of aliphatic imine (C=N–C) groups is 1. The van der Waals surface area contributed by atoms with Crippen LogP contribution >= 0.6 is 0 Å². The zero-order valence-electron chi connectivity index (χ0n) is 23.2. The Labute approximate surface area is 247 Å². The molecule has 2 atom stereocenters. The van der Waals surface area contributed by atoms with Crippen molar-refractivity contribution in [1.29, 1.82) is 0 Å². The summed E-state index contributed by atoms with van der Waals surface area (Å²) in [7, 11) is 0. The van der Waals surface area contributed by atoms with Crippen LogP contribution in [-0.2, 0) is 0 Å². The Morgan fingerprint density at radius 2 is 1.35 bits per heavy atom.